The van der Waals surface area contributed by atoms with Crippen molar-refractivity contribution in [3.05, 3.63) is 51.4 Å². The third-order valence-electron chi connectivity index (χ3n) is 4.79. The fraction of sp³-hybridized carbons (Fsp3) is 0.423. The molecule has 0 bridgehead atoms. The Labute approximate surface area is 211 Å². The Kier molecular flexibility index (Phi) is 14.2. The maximum atomic E-state index is 13.0. The monoisotopic (exact) mass is 508 g/mol. The summed E-state index contributed by atoms with van der Waals surface area (Å²) < 4.78 is 39.1. The molecule has 0 spiro atoms. The van der Waals surface area contributed by atoms with Crippen molar-refractivity contribution in [1.82, 2.24) is 14.9 Å². The molecule has 1 aromatic heterocycles. The van der Waals surface area contributed by atoms with Crippen molar-refractivity contribution in [3.63, 3.8) is 0 Å². The Morgan fingerprint density at radius 3 is 2.34 bits per heavy atom. The van der Waals surface area contributed by atoms with Gasteiger partial charge in [-0.1, -0.05) is 32.9 Å². The molecule has 0 saturated carbocycles. The molecule has 190 valence electrons. The number of hydrogen-bond acceptors (Lipinski definition) is 4. The van der Waals surface area contributed by atoms with Gasteiger partial charge in [-0.2, -0.15) is 13.2 Å². The average Bonchev–Trinajstić information content (AvgIpc) is 3.25. The number of aromatic nitrogens is 2. The van der Waals surface area contributed by atoms with Gasteiger partial charge in [0.1, 0.15) is 5.82 Å². The average molecular weight is 509 g/mol. The first-order valence-electron chi connectivity index (χ1n) is 11.1. The summed E-state index contributed by atoms with van der Waals surface area (Å²) in [6.45, 7) is 9.79. The fourth-order valence-electron chi connectivity index (χ4n) is 3.10. The number of carbonyl (C=O) groups excluding carboxylic acids is 1. The lowest BCUT2D eigenvalue weighted by Crippen LogP contribution is -2.22. The van der Waals surface area contributed by atoms with Crippen LogP contribution in [0.1, 0.15) is 68.5 Å². The van der Waals surface area contributed by atoms with Crippen molar-refractivity contribution < 1.29 is 18.0 Å². The number of anilines is 1. The number of alkyl halides is 3. The van der Waals surface area contributed by atoms with Gasteiger partial charge in [0.05, 0.1) is 24.3 Å². The topological polar surface area (TPSA) is 58.1 Å². The smallest absolute Gasteiger partial charge is 0.366 e. The zero-order valence-corrected chi connectivity index (χ0v) is 21.5. The Hall–Kier alpha value is -3.23. The normalized spacial score (nSPS) is 11.3. The Balaban J connectivity index is 0.00000112. The molecule has 0 aliphatic carbocycles. The van der Waals surface area contributed by atoms with E-state index in [4.69, 9.17) is 18.0 Å². The molecular formula is C26H32ClF3N4O. The van der Waals surface area contributed by atoms with Gasteiger partial charge in [-0.3, -0.25) is 4.79 Å². The summed E-state index contributed by atoms with van der Waals surface area (Å²) in [5.41, 5.74) is 1.38. The molecule has 5 nitrogen and oxygen atoms in total. The Morgan fingerprint density at radius 1 is 1.23 bits per heavy atom. The third kappa shape index (κ3) is 9.50. The van der Waals surface area contributed by atoms with E-state index in [2.05, 4.69) is 41.0 Å². The summed E-state index contributed by atoms with van der Waals surface area (Å²) in [5, 5.41) is 3.07. The minimum atomic E-state index is -4.40. The molecule has 1 aliphatic heterocycles. The van der Waals surface area contributed by atoms with Crippen LogP contribution < -0.4 is 5.32 Å². The number of carbonyl (C=O) groups is 1. The second-order valence-corrected chi connectivity index (χ2v) is 7.37. The lowest BCUT2D eigenvalue weighted by atomic mass is 10.0. The fourth-order valence-corrected chi connectivity index (χ4v) is 3.29. The van der Waals surface area contributed by atoms with Gasteiger partial charge in [0.2, 0.25) is 11.2 Å². The number of terminal acetylenes is 2. The van der Waals surface area contributed by atoms with E-state index in [1.807, 2.05) is 13.8 Å². The molecule has 0 saturated heterocycles. The van der Waals surface area contributed by atoms with Crippen LogP contribution in [0, 0.1) is 32.1 Å². The first kappa shape index (κ1) is 31.8. The van der Waals surface area contributed by atoms with Crippen molar-refractivity contribution in [2.45, 2.75) is 73.3 Å². The SMILES string of the molecule is C#C.C#CCCC.CC.CC(=O)N1Cc2nc(Cl)nc(NCc3cccc(C(F)(F)F)c3C)c2C1. The van der Waals surface area contributed by atoms with Gasteiger partial charge >= 0.3 is 6.18 Å². The highest BCUT2D eigenvalue weighted by molar-refractivity contribution is 6.28. The highest BCUT2D eigenvalue weighted by atomic mass is 35.5. The summed E-state index contributed by atoms with van der Waals surface area (Å²) in [6, 6.07) is 4.06. The minimum absolute atomic E-state index is 0.0254. The van der Waals surface area contributed by atoms with E-state index >= 15 is 0 Å². The number of halogens is 4. The molecule has 0 atom stereocenters. The molecule has 0 radical (unpaired) electrons. The molecule has 3 rings (SSSR count). The summed E-state index contributed by atoms with van der Waals surface area (Å²) in [7, 11) is 0. The van der Waals surface area contributed by atoms with E-state index in [1.165, 1.54) is 19.9 Å². The summed E-state index contributed by atoms with van der Waals surface area (Å²) in [6.07, 6.45) is 10.5. The van der Waals surface area contributed by atoms with E-state index in [0.717, 1.165) is 24.5 Å². The lowest BCUT2D eigenvalue weighted by Gasteiger charge is -2.16. The van der Waals surface area contributed by atoms with Crippen LogP contribution in [0.5, 0.6) is 0 Å². The summed E-state index contributed by atoms with van der Waals surface area (Å²) >= 11 is 5.94. The van der Waals surface area contributed by atoms with Crippen LogP contribution in [0.3, 0.4) is 0 Å². The number of fused-ring (bicyclic) bond motifs is 1. The van der Waals surface area contributed by atoms with Crippen molar-refractivity contribution in [2.24, 2.45) is 0 Å². The first-order valence-corrected chi connectivity index (χ1v) is 11.4. The molecule has 1 aliphatic rings. The molecule has 1 amide bonds. The second-order valence-electron chi connectivity index (χ2n) is 7.04. The summed E-state index contributed by atoms with van der Waals surface area (Å²) in [4.78, 5) is 21.5. The van der Waals surface area contributed by atoms with Gasteiger partial charge in [0, 0.05) is 25.5 Å². The predicted octanol–water partition coefficient (Wildman–Crippen LogP) is 6.63. The van der Waals surface area contributed by atoms with E-state index < -0.39 is 11.7 Å². The van der Waals surface area contributed by atoms with E-state index in [0.29, 0.717) is 30.2 Å². The molecule has 0 unspecified atom stereocenters. The van der Waals surface area contributed by atoms with Crippen LogP contribution in [0.2, 0.25) is 5.28 Å². The van der Waals surface area contributed by atoms with Crippen LogP contribution in [0.25, 0.3) is 0 Å². The second kappa shape index (κ2) is 15.6. The van der Waals surface area contributed by atoms with Crippen molar-refractivity contribution >= 4 is 23.3 Å². The number of amides is 1. The van der Waals surface area contributed by atoms with Gasteiger partial charge in [-0.15, -0.1) is 25.2 Å². The molecular weight excluding hydrogens is 477 g/mol. The van der Waals surface area contributed by atoms with Crippen molar-refractivity contribution in [3.8, 4) is 25.2 Å². The van der Waals surface area contributed by atoms with Gasteiger partial charge in [0.25, 0.3) is 0 Å². The molecule has 2 aromatic rings. The molecule has 0 fully saturated rings. The maximum absolute atomic E-state index is 13.0. The van der Waals surface area contributed by atoms with Crippen LogP contribution in [0.15, 0.2) is 18.2 Å². The summed E-state index contributed by atoms with van der Waals surface area (Å²) in [5.74, 6) is 2.85. The van der Waals surface area contributed by atoms with Crippen LogP contribution in [0.4, 0.5) is 19.0 Å². The van der Waals surface area contributed by atoms with E-state index in [9.17, 15) is 18.0 Å². The standard InChI is InChI=1S/C17H16ClF3N4O.C5H8.C2H6.C2H2/c1-9-11(4-3-5-13(9)17(19,20)21)6-22-15-12-7-25(10(2)26)8-14(12)23-16(18)24-15;1-3-5-4-2;2*1-2/h3-5H,6-8H2,1-2H3,(H,22,23,24);1H,4-5H2,2H3;1-2H3;1-2H. The van der Waals surface area contributed by atoms with Crippen LogP contribution >= 0.6 is 11.6 Å². The minimum Gasteiger partial charge on any atom is -0.366 e. The molecule has 1 aromatic carbocycles. The molecule has 1 N–H and O–H groups in total. The Morgan fingerprint density at radius 2 is 1.86 bits per heavy atom. The van der Waals surface area contributed by atoms with Gasteiger partial charge in [-0.25, -0.2) is 9.97 Å². The van der Waals surface area contributed by atoms with Gasteiger partial charge in [-0.05, 0) is 42.1 Å². The van der Waals surface area contributed by atoms with E-state index in [-0.39, 0.29) is 23.3 Å². The molecule has 9 heteroatoms. The number of nitrogens with zero attached hydrogens (tertiary/aromatic N) is 3. The van der Waals surface area contributed by atoms with E-state index in [1.54, 1.807) is 11.0 Å². The highest BCUT2D eigenvalue weighted by Crippen LogP contribution is 2.33. The third-order valence-corrected chi connectivity index (χ3v) is 4.96. The quantitative estimate of drug-likeness (QED) is 0.372. The highest BCUT2D eigenvalue weighted by Gasteiger charge is 2.33. The molecule has 35 heavy (non-hydrogen) atoms. The number of unbranched alkanes of at least 4 members (excludes halogenated alkanes) is 1. The zero-order valence-electron chi connectivity index (χ0n) is 20.8. The van der Waals surface area contributed by atoms with Gasteiger partial charge in [0.15, 0.2) is 0 Å². The van der Waals surface area contributed by atoms with Crippen molar-refractivity contribution in [2.75, 3.05) is 5.32 Å². The number of nitrogens with one attached hydrogen (secondary N) is 1. The number of rotatable bonds is 4. The van der Waals surface area contributed by atoms with Crippen molar-refractivity contribution in [1.29, 1.82) is 0 Å². The number of hydrogen-bond donors (Lipinski definition) is 1. The first-order chi connectivity index (χ1) is 16.6. The largest absolute Gasteiger partial charge is 0.416 e. The lowest BCUT2D eigenvalue weighted by molar-refractivity contribution is -0.138. The predicted molar refractivity (Wildman–Crippen MR) is 135 cm³/mol. The number of benzene rings is 1. The van der Waals surface area contributed by atoms with Crippen LogP contribution in [-0.4, -0.2) is 20.8 Å². The molecule has 2 heterocycles. The van der Waals surface area contributed by atoms with Gasteiger partial charge < -0.3 is 10.2 Å². The Bertz CT molecular complexity index is 1030. The zero-order chi connectivity index (χ0) is 27.2. The van der Waals surface area contributed by atoms with Crippen LogP contribution in [-0.2, 0) is 30.6 Å². The maximum Gasteiger partial charge on any atom is 0.416 e.